The lowest BCUT2D eigenvalue weighted by Gasteiger charge is -2.34. The minimum Gasteiger partial charge on any atom is -0.296 e. The van der Waals surface area contributed by atoms with Gasteiger partial charge < -0.3 is 0 Å². The highest BCUT2D eigenvalue weighted by atomic mass is 79.9. The van der Waals surface area contributed by atoms with Crippen molar-refractivity contribution < 1.29 is 8.42 Å². The molecule has 0 bridgehead atoms. The van der Waals surface area contributed by atoms with Gasteiger partial charge in [0.25, 0.3) is 0 Å². The van der Waals surface area contributed by atoms with Gasteiger partial charge in [-0.15, -0.1) is 0 Å². The Labute approximate surface area is 156 Å². The van der Waals surface area contributed by atoms with Crippen LogP contribution in [-0.2, 0) is 16.6 Å². The van der Waals surface area contributed by atoms with Crippen LogP contribution in [0.2, 0.25) is 5.02 Å². The standard InChI is InChI=1S/C17H18BrClN2O2S/c18-15-6-2-1-5-14(15)13-20-9-11-21(12-10-20)24(22,23)17-8-4-3-7-16(17)19/h1-8H,9-13H2. The van der Waals surface area contributed by atoms with E-state index < -0.39 is 10.0 Å². The summed E-state index contributed by atoms with van der Waals surface area (Å²) in [6.07, 6.45) is 0. The molecular formula is C17H18BrClN2O2S. The number of halogens is 2. The zero-order chi connectivity index (χ0) is 17.2. The average Bonchev–Trinajstić information content (AvgIpc) is 2.58. The third kappa shape index (κ3) is 3.83. The van der Waals surface area contributed by atoms with Gasteiger partial charge in [0.2, 0.25) is 10.0 Å². The fraction of sp³-hybridized carbons (Fsp3) is 0.294. The van der Waals surface area contributed by atoms with Gasteiger partial charge in [0.1, 0.15) is 4.90 Å². The van der Waals surface area contributed by atoms with Crippen molar-refractivity contribution >= 4 is 37.6 Å². The summed E-state index contributed by atoms with van der Waals surface area (Å²) in [5, 5.41) is 0.271. The maximum Gasteiger partial charge on any atom is 0.244 e. The quantitative estimate of drug-likeness (QED) is 0.745. The number of rotatable bonds is 4. The number of piperazine rings is 1. The van der Waals surface area contributed by atoms with E-state index in [1.54, 1.807) is 24.3 Å². The second-order valence-electron chi connectivity index (χ2n) is 5.70. The van der Waals surface area contributed by atoms with E-state index in [1.165, 1.54) is 9.87 Å². The van der Waals surface area contributed by atoms with Gasteiger partial charge in [0, 0.05) is 37.2 Å². The van der Waals surface area contributed by atoms with E-state index in [0.717, 1.165) is 11.0 Å². The van der Waals surface area contributed by atoms with Gasteiger partial charge in [0.15, 0.2) is 0 Å². The first kappa shape index (κ1) is 17.9. The Morgan fingerprint density at radius 1 is 0.958 bits per heavy atom. The van der Waals surface area contributed by atoms with E-state index in [4.69, 9.17) is 11.6 Å². The van der Waals surface area contributed by atoms with Crippen LogP contribution in [0.4, 0.5) is 0 Å². The van der Waals surface area contributed by atoms with Gasteiger partial charge in [-0.2, -0.15) is 4.31 Å². The smallest absolute Gasteiger partial charge is 0.244 e. The largest absolute Gasteiger partial charge is 0.296 e. The Balaban J connectivity index is 1.67. The number of hydrogen-bond donors (Lipinski definition) is 0. The monoisotopic (exact) mass is 428 g/mol. The van der Waals surface area contributed by atoms with Crippen LogP contribution >= 0.6 is 27.5 Å². The summed E-state index contributed by atoms with van der Waals surface area (Å²) >= 11 is 9.62. The van der Waals surface area contributed by atoms with Crippen molar-refractivity contribution in [2.75, 3.05) is 26.2 Å². The topological polar surface area (TPSA) is 40.6 Å². The molecule has 128 valence electrons. The highest BCUT2D eigenvalue weighted by Crippen LogP contribution is 2.25. The maximum atomic E-state index is 12.7. The Morgan fingerprint density at radius 2 is 1.58 bits per heavy atom. The van der Waals surface area contributed by atoms with E-state index in [2.05, 4.69) is 26.9 Å². The first-order chi connectivity index (χ1) is 11.5. The number of sulfonamides is 1. The van der Waals surface area contributed by atoms with E-state index in [9.17, 15) is 8.42 Å². The second kappa shape index (κ2) is 7.54. The molecule has 2 aromatic carbocycles. The predicted molar refractivity (Wildman–Crippen MR) is 99.6 cm³/mol. The van der Waals surface area contributed by atoms with Crippen molar-refractivity contribution in [2.45, 2.75) is 11.4 Å². The molecule has 24 heavy (non-hydrogen) atoms. The number of nitrogens with zero attached hydrogens (tertiary/aromatic N) is 2. The lowest BCUT2D eigenvalue weighted by atomic mass is 10.2. The molecule has 0 N–H and O–H groups in total. The third-order valence-corrected chi connectivity index (χ3v) is 7.31. The SMILES string of the molecule is O=S(=O)(c1ccccc1Cl)N1CCN(Cc2ccccc2Br)CC1. The van der Waals surface area contributed by atoms with Crippen LogP contribution in [0.25, 0.3) is 0 Å². The molecule has 1 heterocycles. The summed E-state index contributed by atoms with van der Waals surface area (Å²) in [5.74, 6) is 0. The zero-order valence-electron chi connectivity index (χ0n) is 13.0. The lowest BCUT2D eigenvalue weighted by molar-refractivity contribution is 0.181. The summed E-state index contributed by atoms with van der Waals surface area (Å²) in [4.78, 5) is 2.45. The molecular weight excluding hydrogens is 412 g/mol. The summed E-state index contributed by atoms with van der Waals surface area (Å²) in [6, 6.07) is 14.7. The molecule has 0 unspecified atom stereocenters. The highest BCUT2D eigenvalue weighted by molar-refractivity contribution is 9.10. The summed E-state index contributed by atoms with van der Waals surface area (Å²) < 4.78 is 28.1. The Hall–Kier alpha value is -0.920. The molecule has 3 rings (SSSR count). The molecule has 0 atom stereocenters. The Kier molecular flexibility index (Phi) is 5.62. The van der Waals surface area contributed by atoms with Crippen molar-refractivity contribution in [3.8, 4) is 0 Å². The molecule has 0 amide bonds. The molecule has 0 aliphatic carbocycles. The molecule has 4 nitrogen and oxygen atoms in total. The molecule has 7 heteroatoms. The molecule has 1 fully saturated rings. The van der Waals surface area contributed by atoms with Crippen molar-refractivity contribution in [3.63, 3.8) is 0 Å². The molecule has 0 radical (unpaired) electrons. The van der Waals surface area contributed by atoms with Crippen LogP contribution in [0.5, 0.6) is 0 Å². The third-order valence-electron chi connectivity index (χ3n) is 4.14. The molecule has 1 aliphatic heterocycles. The van der Waals surface area contributed by atoms with Crippen LogP contribution < -0.4 is 0 Å². The second-order valence-corrected chi connectivity index (χ2v) is 8.87. The maximum absolute atomic E-state index is 12.7. The van der Waals surface area contributed by atoms with Crippen LogP contribution in [-0.4, -0.2) is 43.8 Å². The first-order valence-corrected chi connectivity index (χ1v) is 10.3. The van der Waals surface area contributed by atoms with Gasteiger partial charge in [-0.1, -0.05) is 57.9 Å². The summed E-state index contributed by atoms with van der Waals surface area (Å²) in [6.45, 7) is 3.15. The highest BCUT2D eigenvalue weighted by Gasteiger charge is 2.29. The van der Waals surface area contributed by atoms with E-state index in [-0.39, 0.29) is 9.92 Å². The molecule has 1 saturated heterocycles. The number of benzene rings is 2. The summed E-state index contributed by atoms with van der Waals surface area (Å²) in [5.41, 5.74) is 1.21. The Morgan fingerprint density at radius 3 is 2.25 bits per heavy atom. The van der Waals surface area contributed by atoms with Gasteiger partial charge >= 0.3 is 0 Å². The van der Waals surface area contributed by atoms with Crippen LogP contribution in [0.3, 0.4) is 0 Å². The van der Waals surface area contributed by atoms with Crippen molar-refractivity contribution in [3.05, 3.63) is 63.6 Å². The minimum atomic E-state index is -3.53. The fourth-order valence-corrected chi connectivity index (χ4v) is 5.11. The predicted octanol–water partition coefficient (Wildman–Crippen LogP) is 3.61. The number of hydrogen-bond acceptors (Lipinski definition) is 3. The van der Waals surface area contributed by atoms with E-state index >= 15 is 0 Å². The van der Waals surface area contributed by atoms with E-state index in [0.29, 0.717) is 26.2 Å². The molecule has 0 aromatic heterocycles. The minimum absolute atomic E-state index is 0.186. The lowest BCUT2D eigenvalue weighted by Crippen LogP contribution is -2.48. The summed E-state index contributed by atoms with van der Waals surface area (Å²) in [7, 11) is -3.53. The van der Waals surface area contributed by atoms with E-state index in [1.807, 2.05) is 18.2 Å². The van der Waals surface area contributed by atoms with Crippen molar-refractivity contribution in [1.82, 2.24) is 9.21 Å². The molecule has 2 aromatic rings. The van der Waals surface area contributed by atoms with Gasteiger partial charge in [-0.05, 0) is 23.8 Å². The van der Waals surface area contributed by atoms with Crippen LogP contribution in [0, 0.1) is 0 Å². The van der Waals surface area contributed by atoms with Crippen molar-refractivity contribution in [2.24, 2.45) is 0 Å². The van der Waals surface area contributed by atoms with Crippen LogP contribution in [0.1, 0.15) is 5.56 Å². The normalized spacial score (nSPS) is 17.1. The van der Waals surface area contributed by atoms with Gasteiger partial charge in [-0.3, -0.25) is 4.90 Å². The average molecular weight is 430 g/mol. The zero-order valence-corrected chi connectivity index (χ0v) is 16.2. The van der Waals surface area contributed by atoms with Gasteiger partial charge in [0.05, 0.1) is 5.02 Å². The fourth-order valence-electron chi connectivity index (χ4n) is 2.79. The molecule has 0 spiro atoms. The first-order valence-electron chi connectivity index (χ1n) is 7.69. The molecule has 1 aliphatic rings. The molecule has 0 saturated carbocycles. The van der Waals surface area contributed by atoms with Crippen LogP contribution in [0.15, 0.2) is 57.9 Å². The Bertz CT molecular complexity index is 821. The van der Waals surface area contributed by atoms with Gasteiger partial charge in [-0.25, -0.2) is 8.42 Å². The van der Waals surface area contributed by atoms with Crippen molar-refractivity contribution in [1.29, 1.82) is 0 Å².